The van der Waals surface area contributed by atoms with Gasteiger partial charge < -0.3 is 5.32 Å². The van der Waals surface area contributed by atoms with Crippen LogP contribution >= 0.6 is 23.2 Å². The van der Waals surface area contributed by atoms with E-state index in [1.165, 1.54) is 6.08 Å². The Morgan fingerprint density at radius 3 is 2.43 bits per heavy atom. The molecule has 0 unspecified atom stereocenters. The van der Waals surface area contributed by atoms with E-state index in [4.69, 9.17) is 28.5 Å². The standard InChI is InChI=1S/C16H10Cl2N2O/c17-13-6-4-11(5-7-13)8-12(10-19)16(21)20-15-3-1-2-14(18)9-15/h1-9H,(H,20,21)/b12-8+. The van der Waals surface area contributed by atoms with Gasteiger partial charge in [0.1, 0.15) is 11.6 Å². The van der Waals surface area contributed by atoms with Crippen LogP contribution in [0.3, 0.4) is 0 Å². The van der Waals surface area contributed by atoms with E-state index in [0.29, 0.717) is 15.7 Å². The van der Waals surface area contributed by atoms with Crippen molar-refractivity contribution in [3.8, 4) is 6.07 Å². The van der Waals surface area contributed by atoms with Gasteiger partial charge in [-0.1, -0.05) is 41.4 Å². The molecule has 0 bridgehead atoms. The molecule has 0 aliphatic carbocycles. The normalized spacial score (nSPS) is 10.8. The highest BCUT2D eigenvalue weighted by Gasteiger charge is 2.09. The van der Waals surface area contributed by atoms with Crippen molar-refractivity contribution >= 4 is 40.9 Å². The zero-order chi connectivity index (χ0) is 15.2. The van der Waals surface area contributed by atoms with Crippen molar-refractivity contribution in [2.75, 3.05) is 5.32 Å². The Hall–Kier alpha value is -2.28. The number of nitriles is 1. The quantitative estimate of drug-likeness (QED) is 0.667. The van der Waals surface area contributed by atoms with Gasteiger partial charge in [0.15, 0.2) is 0 Å². The summed E-state index contributed by atoms with van der Waals surface area (Å²) in [5, 5.41) is 12.8. The fourth-order valence-electron chi connectivity index (χ4n) is 1.64. The maximum Gasteiger partial charge on any atom is 0.266 e. The van der Waals surface area contributed by atoms with Gasteiger partial charge in [0, 0.05) is 15.7 Å². The molecule has 0 atom stereocenters. The van der Waals surface area contributed by atoms with Crippen LogP contribution in [0.15, 0.2) is 54.1 Å². The lowest BCUT2D eigenvalue weighted by molar-refractivity contribution is -0.112. The summed E-state index contributed by atoms with van der Waals surface area (Å²) in [5.41, 5.74) is 1.25. The third kappa shape index (κ3) is 4.35. The average molecular weight is 317 g/mol. The SMILES string of the molecule is N#C/C(=C\c1ccc(Cl)cc1)C(=O)Nc1cccc(Cl)c1. The van der Waals surface area contributed by atoms with Gasteiger partial charge in [-0.25, -0.2) is 0 Å². The van der Waals surface area contributed by atoms with Crippen LogP contribution in [0.2, 0.25) is 10.0 Å². The second-order valence-electron chi connectivity index (χ2n) is 4.19. The summed E-state index contributed by atoms with van der Waals surface area (Å²) in [5.74, 6) is -0.491. The number of nitrogens with zero attached hydrogens (tertiary/aromatic N) is 1. The summed E-state index contributed by atoms with van der Waals surface area (Å²) >= 11 is 11.6. The van der Waals surface area contributed by atoms with Crippen molar-refractivity contribution in [2.45, 2.75) is 0 Å². The van der Waals surface area contributed by atoms with E-state index in [1.54, 1.807) is 48.5 Å². The first kappa shape index (κ1) is 15.1. The second-order valence-corrected chi connectivity index (χ2v) is 5.06. The molecule has 0 spiro atoms. The van der Waals surface area contributed by atoms with E-state index >= 15 is 0 Å². The van der Waals surface area contributed by atoms with E-state index in [-0.39, 0.29) is 5.57 Å². The smallest absolute Gasteiger partial charge is 0.266 e. The Labute approximate surface area is 132 Å². The highest BCUT2D eigenvalue weighted by molar-refractivity contribution is 6.31. The molecule has 0 aromatic heterocycles. The average Bonchev–Trinajstić information content (AvgIpc) is 2.46. The van der Waals surface area contributed by atoms with Crippen molar-refractivity contribution in [3.63, 3.8) is 0 Å². The lowest BCUT2D eigenvalue weighted by atomic mass is 10.1. The zero-order valence-electron chi connectivity index (χ0n) is 10.8. The Kier molecular flexibility index (Phi) is 4.99. The molecule has 21 heavy (non-hydrogen) atoms. The number of carbonyl (C=O) groups excluding carboxylic acids is 1. The molecule has 5 heteroatoms. The fraction of sp³-hybridized carbons (Fsp3) is 0. The topological polar surface area (TPSA) is 52.9 Å². The monoisotopic (exact) mass is 316 g/mol. The number of hydrogen-bond acceptors (Lipinski definition) is 2. The van der Waals surface area contributed by atoms with Crippen LogP contribution < -0.4 is 5.32 Å². The van der Waals surface area contributed by atoms with E-state index in [2.05, 4.69) is 5.32 Å². The van der Waals surface area contributed by atoms with Gasteiger partial charge in [-0.15, -0.1) is 0 Å². The third-order valence-corrected chi connectivity index (χ3v) is 3.12. The van der Waals surface area contributed by atoms with E-state index in [0.717, 1.165) is 5.56 Å². The molecule has 0 aliphatic heterocycles. The summed E-state index contributed by atoms with van der Waals surface area (Å²) in [6.07, 6.45) is 1.50. The van der Waals surface area contributed by atoms with Gasteiger partial charge >= 0.3 is 0 Å². The van der Waals surface area contributed by atoms with Gasteiger partial charge in [-0.2, -0.15) is 5.26 Å². The molecular weight excluding hydrogens is 307 g/mol. The summed E-state index contributed by atoms with van der Waals surface area (Å²) < 4.78 is 0. The first-order valence-corrected chi connectivity index (χ1v) is 6.78. The van der Waals surface area contributed by atoms with Gasteiger partial charge in [-0.05, 0) is 42.0 Å². The maximum atomic E-state index is 12.1. The van der Waals surface area contributed by atoms with Crippen molar-refractivity contribution in [3.05, 3.63) is 69.7 Å². The summed E-state index contributed by atoms with van der Waals surface area (Å²) in [6.45, 7) is 0. The minimum Gasteiger partial charge on any atom is -0.321 e. The molecule has 0 saturated carbocycles. The Morgan fingerprint density at radius 1 is 1.10 bits per heavy atom. The summed E-state index contributed by atoms with van der Waals surface area (Å²) in [7, 11) is 0. The molecule has 0 aliphatic rings. The molecule has 0 saturated heterocycles. The number of anilines is 1. The van der Waals surface area contributed by atoms with Crippen LogP contribution in [-0.2, 0) is 4.79 Å². The van der Waals surface area contributed by atoms with Crippen LogP contribution in [0.5, 0.6) is 0 Å². The van der Waals surface area contributed by atoms with Crippen molar-refractivity contribution in [2.24, 2.45) is 0 Å². The Morgan fingerprint density at radius 2 is 1.81 bits per heavy atom. The van der Waals surface area contributed by atoms with E-state index in [9.17, 15) is 4.79 Å². The van der Waals surface area contributed by atoms with E-state index in [1.807, 2.05) is 6.07 Å². The molecule has 2 aromatic rings. The summed E-state index contributed by atoms with van der Waals surface area (Å²) in [6, 6.07) is 15.4. The predicted octanol–water partition coefficient (Wildman–Crippen LogP) is 4.54. The molecule has 3 nitrogen and oxygen atoms in total. The lowest BCUT2D eigenvalue weighted by Gasteiger charge is -2.04. The number of carbonyl (C=O) groups is 1. The largest absolute Gasteiger partial charge is 0.321 e. The van der Waals surface area contributed by atoms with Gasteiger partial charge in [-0.3, -0.25) is 4.79 Å². The molecule has 2 rings (SSSR count). The predicted molar refractivity (Wildman–Crippen MR) is 85.1 cm³/mol. The molecule has 0 radical (unpaired) electrons. The van der Waals surface area contributed by atoms with Crippen LogP contribution in [0.1, 0.15) is 5.56 Å². The van der Waals surface area contributed by atoms with Crippen LogP contribution in [0.4, 0.5) is 5.69 Å². The second kappa shape index (κ2) is 6.94. The van der Waals surface area contributed by atoms with Crippen LogP contribution in [0, 0.1) is 11.3 Å². The number of halogens is 2. The first-order valence-electron chi connectivity index (χ1n) is 6.03. The minimum absolute atomic E-state index is 0.00250. The lowest BCUT2D eigenvalue weighted by Crippen LogP contribution is -2.13. The van der Waals surface area contributed by atoms with E-state index < -0.39 is 5.91 Å². The molecule has 104 valence electrons. The van der Waals surface area contributed by atoms with Crippen molar-refractivity contribution in [1.82, 2.24) is 0 Å². The maximum absolute atomic E-state index is 12.1. The minimum atomic E-state index is -0.491. The highest BCUT2D eigenvalue weighted by Crippen LogP contribution is 2.17. The molecule has 0 heterocycles. The number of amides is 1. The number of rotatable bonds is 3. The zero-order valence-corrected chi connectivity index (χ0v) is 12.3. The number of benzene rings is 2. The summed E-state index contributed by atoms with van der Waals surface area (Å²) in [4.78, 5) is 12.1. The number of hydrogen-bond donors (Lipinski definition) is 1. The van der Waals surface area contributed by atoms with Crippen molar-refractivity contribution in [1.29, 1.82) is 5.26 Å². The van der Waals surface area contributed by atoms with Gasteiger partial charge in [0.2, 0.25) is 0 Å². The third-order valence-electron chi connectivity index (χ3n) is 2.63. The fourth-order valence-corrected chi connectivity index (χ4v) is 1.96. The van der Waals surface area contributed by atoms with Crippen molar-refractivity contribution < 1.29 is 4.79 Å². The molecule has 2 aromatic carbocycles. The molecule has 0 fully saturated rings. The number of nitrogens with one attached hydrogen (secondary N) is 1. The molecule has 1 N–H and O–H groups in total. The molecule has 1 amide bonds. The van der Waals surface area contributed by atoms with Crippen LogP contribution in [-0.4, -0.2) is 5.91 Å². The Bertz CT molecular complexity index is 731. The van der Waals surface area contributed by atoms with Gasteiger partial charge in [0.05, 0.1) is 0 Å². The molecular formula is C16H10Cl2N2O. The first-order chi connectivity index (χ1) is 10.1. The van der Waals surface area contributed by atoms with Gasteiger partial charge in [0.25, 0.3) is 5.91 Å². The Balaban J connectivity index is 2.19. The van der Waals surface area contributed by atoms with Crippen LogP contribution in [0.25, 0.3) is 6.08 Å². The highest BCUT2D eigenvalue weighted by atomic mass is 35.5.